The van der Waals surface area contributed by atoms with Crippen molar-refractivity contribution in [3.8, 4) is 0 Å². The second kappa shape index (κ2) is 10.3. The lowest BCUT2D eigenvalue weighted by Crippen LogP contribution is -2.52. The molecule has 0 aromatic heterocycles. The zero-order valence-corrected chi connectivity index (χ0v) is 16.7. The van der Waals surface area contributed by atoms with Crippen LogP contribution >= 0.6 is 11.6 Å². The number of hydrogen-bond donors (Lipinski definition) is 2. The summed E-state index contributed by atoms with van der Waals surface area (Å²) >= 11 is 6.10. The number of carbonyl (C=O) groups is 1. The summed E-state index contributed by atoms with van der Waals surface area (Å²) in [6.07, 6.45) is 0.412. The molecule has 0 saturated carbocycles. The zero-order valence-electron chi connectivity index (χ0n) is 16.0. The van der Waals surface area contributed by atoms with Gasteiger partial charge in [0.2, 0.25) is 5.91 Å². The number of aliphatic imine (C=N–C) groups is 1. The molecule has 7 heteroatoms. The van der Waals surface area contributed by atoms with Crippen molar-refractivity contribution in [1.82, 2.24) is 15.5 Å². The van der Waals surface area contributed by atoms with Gasteiger partial charge in [-0.15, -0.1) is 0 Å². The highest BCUT2D eigenvalue weighted by Crippen LogP contribution is 2.20. The molecule has 0 bridgehead atoms. The molecule has 1 aliphatic rings. The van der Waals surface area contributed by atoms with Crippen molar-refractivity contribution < 1.29 is 4.79 Å². The third-order valence-corrected chi connectivity index (χ3v) is 4.37. The highest BCUT2D eigenvalue weighted by atomic mass is 35.5. The van der Waals surface area contributed by atoms with Gasteiger partial charge in [-0.2, -0.15) is 0 Å². The van der Waals surface area contributed by atoms with Crippen molar-refractivity contribution in [1.29, 1.82) is 0 Å². The van der Waals surface area contributed by atoms with Crippen LogP contribution in [0.25, 0.3) is 0 Å². The summed E-state index contributed by atoms with van der Waals surface area (Å²) in [4.78, 5) is 21.0. The minimum absolute atomic E-state index is 0.0466. The molecule has 1 fully saturated rings. The Morgan fingerprint density at radius 3 is 2.62 bits per heavy atom. The fourth-order valence-electron chi connectivity index (χ4n) is 2.93. The average Bonchev–Trinajstić information content (AvgIpc) is 2.60. The number of hydrogen-bond acceptors (Lipinski definition) is 3. The largest absolute Gasteiger partial charge is 0.368 e. The van der Waals surface area contributed by atoms with E-state index in [1.807, 2.05) is 32.0 Å². The van der Waals surface area contributed by atoms with Gasteiger partial charge in [0, 0.05) is 55.9 Å². The van der Waals surface area contributed by atoms with Crippen LogP contribution < -0.4 is 15.5 Å². The summed E-state index contributed by atoms with van der Waals surface area (Å²) in [6, 6.07) is 8.14. The number of guanidine groups is 1. The van der Waals surface area contributed by atoms with Crippen LogP contribution in [0.15, 0.2) is 29.3 Å². The van der Waals surface area contributed by atoms with E-state index in [9.17, 15) is 4.79 Å². The van der Waals surface area contributed by atoms with Crippen molar-refractivity contribution in [3.63, 3.8) is 0 Å². The Hall–Kier alpha value is -1.95. The molecule has 0 aliphatic carbocycles. The number of halogens is 1. The molecule has 2 N–H and O–H groups in total. The molecule has 1 aromatic rings. The van der Waals surface area contributed by atoms with E-state index in [-0.39, 0.29) is 11.9 Å². The number of carbonyl (C=O) groups excluding carboxylic acids is 1. The van der Waals surface area contributed by atoms with E-state index in [0.717, 1.165) is 49.4 Å². The van der Waals surface area contributed by atoms with Gasteiger partial charge in [-0.3, -0.25) is 9.79 Å². The van der Waals surface area contributed by atoms with Gasteiger partial charge in [0.1, 0.15) is 0 Å². The molecular weight excluding hydrogens is 350 g/mol. The van der Waals surface area contributed by atoms with Crippen molar-refractivity contribution >= 4 is 29.2 Å². The van der Waals surface area contributed by atoms with Crippen LogP contribution in [0.2, 0.25) is 5.02 Å². The molecule has 2 rings (SSSR count). The Bertz CT molecular complexity index is 612. The predicted octanol–water partition coefficient (Wildman–Crippen LogP) is 2.34. The molecule has 1 saturated heterocycles. The van der Waals surface area contributed by atoms with Gasteiger partial charge in [-0.1, -0.05) is 17.7 Å². The second-order valence-corrected chi connectivity index (χ2v) is 7.10. The smallest absolute Gasteiger partial charge is 0.222 e. The minimum Gasteiger partial charge on any atom is -0.368 e. The first-order valence-electron chi connectivity index (χ1n) is 9.32. The maximum Gasteiger partial charge on any atom is 0.222 e. The fraction of sp³-hybridized carbons (Fsp3) is 0.579. The summed E-state index contributed by atoms with van der Waals surface area (Å²) < 4.78 is 0. The van der Waals surface area contributed by atoms with E-state index in [4.69, 9.17) is 11.6 Å². The van der Waals surface area contributed by atoms with Crippen LogP contribution in [0.4, 0.5) is 5.69 Å². The molecule has 0 spiro atoms. The first kappa shape index (κ1) is 20.4. The number of nitrogens with one attached hydrogen (secondary N) is 2. The van der Waals surface area contributed by atoms with Gasteiger partial charge in [0.15, 0.2) is 5.96 Å². The van der Waals surface area contributed by atoms with Crippen molar-refractivity contribution in [2.75, 3.05) is 44.2 Å². The van der Waals surface area contributed by atoms with E-state index in [0.29, 0.717) is 13.0 Å². The zero-order chi connectivity index (χ0) is 18.9. The summed E-state index contributed by atoms with van der Waals surface area (Å²) in [5.41, 5.74) is 1.16. The van der Waals surface area contributed by atoms with Crippen LogP contribution in [0.5, 0.6) is 0 Å². The van der Waals surface area contributed by atoms with Crippen molar-refractivity contribution in [2.45, 2.75) is 33.2 Å². The third-order valence-electron chi connectivity index (χ3n) is 4.14. The van der Waals surface area contributed by atoms with Gasteiger partial charge in [-0.05, 0) is 39.0 Å². The van der Waals surface area contributed by atoms with E-state index in [1.165, 1.54) is 0 Å². The van der Waals surface area contributed by atoms with Gasteiger partial charge in [0.05, 0.1) is 6.54 Å². The van der Waals surface area contributed by atoms with E-state index >= 15 is 0 Å². The normalized spacial score (nSPS) is 15.3. The summed E-state index contributed by atoms with van der Waals surface area (Å²) in [5, 5.41) is 7.00. The number of piperazine rings is 1. The molecule has 144 valence electrons. The number of rotatable bonds is 6. The third kappa shape index (κ3) is 6.41. The molecule has 1 amide bonds. The van der Waals surface area contributed by atoms with E-state index in [2.05, 4.69) is 38.4 Å². The van der Waals surface area contributed by atoms with Crippen LogP contribution in [0.3, 0.4) is 0 Å². The molecule has 1 aromatic carbocycles. The van der Waals surface area contributed by atoms with Crippen molar-refractivity contribution in [3.05, 3.63) is 29.3 Å². The molecule has 0 atom stereocenters. The predicted molar refractivity (Wildman–Crippen MR) is 109 cm³/mol. The van der Waals surface area contributed by atoms with Crippen LogP contribution in [-0.4, -0.2) is 62.1 Å². The van der Waals surface area contributed by atoms with Crippen LogP contribution in [0, 0.1) is 0 Å². The minimum atomic E-state index is 0.0466. The van der Waals surface area contributed by atoms with E-state index in [1.54, 1.807) is 0 Å². The number of anilines is 1. The fourth-order valence-corrected chi connectivity index (χ4v) is 3.12. The van der Waals surface area contributed by atoms with Gasteiger partial charge in [0.25, 0.3) is 0 Å². The number of amides is 1. The standard InChI is InChI=1S/C19H30ClN5O/c1-4-21-19(22-9-8-18(26)23-15(2)3)25-12-10-24(11-13-25)17-7-5-6-16(20)14-17/h5-7,14-15H,4,8-13H2,1-3H3,(H,21,22)(H,23,26). The number of benzene rings is 1. The first-order valence-corrected chi connectivity index (χ1v) is 9.70. The Kier molecular flexibility index (Phi) is 8.04. The van der Waals surface area contributed by atoms with Gasteiger partial charge in [-0.25, -0.2) is 0 Å². The monoisotopic (exact) mass is 379 g/mol. The lowest BCUT2D eigenvalue weighted by molar-refractivity contribution is -0.121. The quantitative estimate of drug-likeness (QED) is 0.588. The molecule has 1 aliphatic heterocycles. The Labute approximate surface area is 161 Å². The molecule has 0 radical (unpaired) electrons. The highest BCUT2D eigenvalue weighted by molar-refractivity contribution is 6.30. The molecule has 26 heavy (non-hydrogen) atoms. The maximum atomic E-state index is 11.8. The second-order valence-electron chi connectivity index (χ2n) is 6.66. The Balaban J connectivity index is 1.88. The molecule has 0 unspecified atom stereocenters. The van der Waals surface area contributed by atoms with Gasteiger partial charge >= 0.3 is 0 Å². The number of nitrogens with zero attached hydrogens (tertiary/aromatic N) is 3. The van der Waals surface area contributed by atoms with Gasteiger partial charge < -0.3 is 20.4 Å². The Morgan fingerprint density at radius 1 is 1.27 bits per heavy atom. The highest BCUT2D eigenvalue weighted by Gasteiger charge is 2.20. The lowest BCUT2D eigenvalue weighted by atomic mass is 10.2. The Morgan fingerprint density at radius 2 is 2.00 bits per heavy atom. The average molecular weight is 380 g/mol. The molecular formula is C19H30ClN5O. The first-order chi connectivity index (χ1) is 12.5. The van der Waals surface area contributed by atoms with Crippen LogP contribution in [-0.2, 0) is 4.79 Å². The lowest BCUT2D eigenvalue weighted by Gasteiger charge is -2.37. The maximum absolute atomic E-state index is 11.8. The summed E-state index contributed by atoms with van der Waals surface area (Å²) in [6.45, 7) is 10.9. The van der Waals surface area contributed by atoms with E-state index < -0.39 is 0 Å². The summed E-state index contributed by atoms with van der Waals surface area (Å²) in [7, 11) is 0. The SMILES string of the molecule is CCNC(=NCCC(=O)NC(C)C)N1CCN(c2cccc(Cl)c2)CC1. The van der Waals surface area contributed by atoms with Crippen molar-refractivity contribution in [2.24, 2.45) is 4.99 Å². The topological polar surface area (TPSA) is 60.0 Å². The molecule has 6 nitrogen and oxygen atoms in total. The summed E-state index contributed by atoms with van der Waals surface area (Å²) in [5.74, 6) is 0.931. The van der Waals surface area contributed by atoms with Crippen LogP contribution in [0.1, 0.15) is 27.2 Å². The molecule has 1 heterocycles.